The standard InChI is InChI=1S/C11H15F3N2O3S2/c12-11(13,14)8-15-3-5-16(6-4-15)21(18,19)10-2-1-9(7-17)20-10/h1-2,17H,3-8H2. The van der Waals surface area contributed by atoms with Gasteiger partial charge in [0, 0.05) is 31.1 Å². The minimum atomic E-state index is -4.27. The van der Waals surface area contributed by atoms with Crippen LogP contribution in [0.1, 0.15) is 4.88 Å². The van der Waals surface area contributed by atoms with Gasteiger partial charge in [0.25, 0.3) is 10.0 Å². The van der Waals surface area contributed by atoms with E-state index in [4.69, 9.17) is 5.11 Å². The smallest absolute Gasteiger partial charge is 0.391 e. The van der Waals surface area contributed by atoms with Crippen LogP contribution in [-0.4, -0.2) is 61.6 Å². The molecule has 1 aliphatic heterocycles. The summed E-state index contributed by atoms with van der Waals surface area (Å²) >= 11 is 0.971. The van der Waals surface area contributed by atoms with Gasteiger partial charge in [0.1, 0.15) is 4.21 Å². The summed E-state index contributed by atoms with van der Waals surface area (Å²) in [7, 11) is -3.69. The van der Waals surface area contributed by atoms with E-state index in [0.717, 1.165) is 11.3 Å². The van der Waals surface area contributed by atoms with Crippen LogP contribution in [0.3, 0.4) is 0 Å². The number of sulfonamides is 1. The molecule has 0 amide bonds. The topological polar surface area (TPSA) is 60.9 Å². The molecule has 120 valence electrons. The van der Waals surface area contributed by atoms with E-state index in [9.17, 15) is 21.6 Å². The molecule has 0 aliphatic carbocycles. The van der Waals surface area contributed by atoms with Crippen molar-refractivity contribution in [3.63, 3.8) is 0 Å². The Bertz CT molecular complexity index is 578. The van der Waals surface area contributed by atoms with Gasteiger partial charge in [-0.3, -0.25) is 4.90 Å². The number of rotatable bonds is 4. The molecule has 0 unspecified atom stereocenters. The minimum Gasteiger partial charge on any atom is -0.391 e. The third-order valence-corrected chi connectivity index (χ3v) is 6.56. The molecule has 2 rings (SSSR count). The van der Waals surface area contributed by atoms with Crippen molar-refractivity contribution in [3.8, 4) is 0 Å². The van der Waals surface area contributed by atoms with Crippen LogP contribution in [0.25, 0.3) is 0 Å². The van der Waals surface area contributed by atoms with Crippen molar-refractivity contribution in [2.75, 3.05) is 32.7 Å². The van der Waals surface area contributed by atoms with E-state index >= 15 is 0 Å². The molecule has 0 radical (unpaired) electrons. The van der Waals surface area contributed by atoms with E-state index < -0.39 is 22.7 Å². The van der Waals surface area contributed by atoms with Gasteiger partial charge >= 0.3 is 6.18 Å². The average Bonchev–Trinajstić information content (AvgIpc) is 2.87. The molecule has 1 N–H and O–H groups in total. The summed E-state index contributed by atoms with van der Waals surface area (Å²) < 4.78 is 62.8. The Labute approximate surface area is 124 Å². The van der Waals surface area contributed by atoms with Gasteiger partial charge in [-0.25, -0.2) is 8.42 Å². The van der Waals surface area contributed by atoms with Crippen molar-refractivity contribution in [3.05, 3.63) is 17.0 Å². The van der Waals surface area contributed by atoms with Crippen molar-refractivity contribution in [1.29, 1.82) is 0 Å². The first-order valence-electron chi connectivity index (χ1n) is 6.21. The number of alkyl halides is 3. The summed E-state index contributed by atoms with van der Waals surface area (Å²) in [5.41, 5.74) is 0. The van der Waals surface area contributed by atoms with Gasteiger partial charge in [0.2, 0.25) is 0 Å². The van der Waals surface area contributed by atoms with Crippen molar-refractivity contribution < 1.29 is 26.7 Å². The molecular formula is C11H15F3N2O3S2. The molecule has 1 aromatic rings. The zero-order valence-electron chi connectivity index (χ0n) is 11.0. The SMILES string of the molecule is O=S(=O)(c1ccc(CO)s1)N1CCN(CC(F)(F)F)CC1. The Kier molecular flexibility index (Phi) is 4.93. The number of halogens is 3. The van der Waals surface area contributed by atoms with Gasteiger partial charge in [0.15, 0.2) is 0 Å². The van der Waals surface area contributed by atoms with Gasteiger partial charge in [-0.1, -0.05) is 0 Å². The largest absolute Gasteiger partial charge is 0.401 e. The maximum atomic E-state index is 12.3. The first kappa shape index (κ1) is 16.7. The van der Waals surface area contributed by atoms with Crippen molar-refractivity contribution in [2.45, 2.75) is 17.0 Å². The van der Waals surface area contributed by atoms with Crippen LogP contribution in [0.5, 0.6) is 0 Å². The lowest BCUT2D eigenvalue weighted by Gasteiger charge is -2.33. The molecule has 0 atom stereocenters. The molecule has 10 heteroatoms. The van der Waals surface area contributed by atoms with E-state index in [0.29, 0.717) is 4.88 Å². The van der Waals surface area contributed by atoms with E-state index in [1.54, 1.807) is 0 Å². The van der Waals surface area contributed by atoms with Crippen LogP contribution >= 0.6 is 11.3 Å². The molecule has 1 aliphatic rings. The maximum absolute atomic E-state index is 12.3. The summed E-state index contributed by atoms with van der Waals surface area (Å²) in [5.74, 6) is 0. The number of aliphatic hydroxyl groups is 1. The van der Waals surface area contributed by atoms with Crippen molar-refractivity contribution in [2.24, 2.45) is 0 Å². The minimum absolute atomic E-state index is 0.0325. The zero-order chi connectivity index (χ0) is 15.7. The Hall–Kier alpha value is -0.680. The third kappa shape index (κ3) is 4.16. The summed E-state index contributed by atoms with van der Waals surface area (Å²) in [6, 6.07) is 2.94. The fourth-order valence-electron chi connectivity index (χ4n) is 2.09. The molecule has 0 bridgehead atoms. The summed E-state index contributed by atoms with van der Waals surface area (Å²) in [6.07, 6.45) is -4.27. The van der Waals surface area contributed by atoms with Crippen molar-refractivity contribution in [1.82, 2.24) is 9.21 Å². The van der Waals surface area contributed by atoms with E-state index in [2.05, 4.69) is 0 Å². The number of nitrogens with zero attached hydrogens (tertiary/aromatic N) is 2. The Balaban J connectivity index is 2.01. The number of hydrogen-bond acceptors (Lipinski definition) is 5. The van der Waals surface area contributed by atoms with Gasteiger partial charge in [-0.05, 0) is 12.1 Å². The Morgan fingerprint density at radius 2 is 1.81 bits per heavy atom. The average molecular weight is 344 g/mol. The lowest BCUT2D eigenvalue weighted by molar-refractivity contribution is -0.148. The molecule has 5 nitrogen and oxygen atoms in total. The van der Waals surface area contributed by atoms with E-state index in [1.165, 1.54) is 21.3 Å². The fraction of sp³-hybridized carbons (Fsp3) is 0.636. The lowest BCUT2D eigenvalue weighted by Crippen LogP contribution is -2.50. The molecule has 1 aromatic heterocycles. The number of piperazine rings is 1. The van der Waals surface area contributed by atoms with Crippen LogP contribution in [0.2, 0.25) is 0 Å². The second-order valence-electron chi connectivity index (χ2n) is 4.67. The van der Waals surface area contributed by atoms with Gasteiger partial charge < -0.3 is 5.11 Å². The van der Waals surface area contributed by atoms with Crippen LogP contribution in [0.15, 0.2) is 16.3 Å². The van der Waals surface area contributed by atoms with Crippen LogP contribution < -0.4 is 0 Å². The second kappa shape index (κ2) is 6.21. The van der Waals surface area contributed by atoms with E-state index in [-0.39, 0.29) is 37.0 Å². The highest BCUT2D eigenvalue weighted by Crippen LogP contribution is 2.26. The first-order valence-corrected chi connectivity index (χ1v) is 8.47. The Morgan fingerprint density at radius 3 is 2.29 bits per heavy atom. The number of hydrogen-bond donors (Lipinski definition) is 1. The molecule has 0 aromatic carbocycles. The molecule has 2 heterocycles. The fourth-order valence-corrected chi connectivity index (χ4v) is 4.88. The van der Waals surface area contributed by atoms with Crippen molar-refractivity contribution >= 4 is 21.4 Å². The molecule has 1 fully saturated rings. The zero-order valence-corrected chi connectivity index (χ0v) is 12.6. The summed E-state index contributed by atoms with van der Waals surface area (Å²) in [4.78, 5) is 1.73. The van der Waals surface area contributed by atoms with Crippen LogP contribution in [0.4, 0.5) is 13.2 Å². The molecule has 21 heavy (non-hydrogen) atoms. The van der Waals surface area contributed by atoms with Crippen LogP contribution in [0, 0.1) is 0 Å². The van der Waals surface area contributed by atoms with Gasteiger partial charge in [-0.15, -0.1) is 11.3 Å². The molecule has 0 saturated carbocycles. The normalized spacial score (nSPS) is 19.0. The van der Waals surface area contributed by atoms with Gasteiger partial charge in [0.05, 0.1) is 13.2 Å². The molecular weight excluding hydrogens is 329 g/mol. The highest BCUT2D eigenvalue weighted by Gasteiger charge is 2.35. The quantitative estimate of drug-likeness (QED) is 0.889. The number of aliphatic hydroxyl groups excluding tert-OH is 1. The first-order chi connectivity index (χ1) is 9.72. The summed E-state index contributed by atoms with van der Waals surface area (Å²) in [5, 5.41) is 8.96. The van der Waals surface area contributed by atoms with Gasteiger partial charge in [-0.2, -0.15) is 17.5 Å². The monoisotopic (exact) mass is 344 g/mol. The second-order valence-corrected chi connectivity index (χ2v) is 8.01. The highest BCUT2D eigenvalue weighted by molar-refractivity contribution is 7.91. The van der Waals surface area contributed by atoms with Crippen LogP contribution in [-0.2, 0) is 16.6 Å². The third-order valence-electron chi connectivity index (χ3n) is 3.12. The Morgan fingerprint density at radius 1 is 1.19 bits per heavy atom. The highest BCUT2D eigenvalue weighted by atomic mass is 32.2. The summed E-state index contributed by atoms with van der Waals surface area (Å²) in [6.45, 7) is -1.09. The predicted molar refractivity (Wildman–Crippen MR) is 71.5 cm³/mol. The number of thiophene rings is 1. The maximum Gasteiger partial charge on any atom is 0.401 e. The molecule has 0 spiro atoms. The van der Waals surface area contributed by atoms with E-state index in [1.807, 2.05) is 0 Å². The molecule has 1 saturated heterocycles. The predicted octanol–water partition coefficient (Wildman–Crippen LogP) is 1.11. The lowest BCUT2D eigenvalue weighted by atomic mass is 10.3.